The molecular weight excluding hydrogens is 228 g/mol. The van der Waals surface area contributed by atoms with E-state index in [4.69, 9.17) is 16.2 Å². The molecule has 4 N–H and O–H groups in total. The topological polar surface area (TPSA) is 86.2 Å². The zero-order valence-corrected chi connectivity index (χ0v) is 10.5. The predicted molar refractivity (Wildman–Crippen MR) is 70.4 cm³/mol. The van der Waals surface area contributed by atoms with Crippen LogP contribution < -0.4 is 5.73 Å². The average molecular weight is 248 g/mol. The van der Waals surface area contributed by atoms with E-state index in [9.17, 15) is 0 Å². The van der Waals surface area contributed by atoms with Crippen molar-refractivity contribution in [2.75, 3.05) is 13.2 Å². The van der Waals surface area contributed by atoms with E-state index in [1.54, 1.807) is 6.20 Å². The van der Waals surface area contributed by atoms with E-state index in [1.165, 1.54) is 19.3 Å². The molecule has 0 bridgehead atoms. The van der Waals surface area contributed by atoms with Crippen LogP contribution in [0.25, 0.3) is 0 Å². The Bertz CT molecular complexity index is 417. The summed E-state index contributed by atoms with van der Waals surface area (Å²) in [7, 11) is 0. The van der Waals surface area contributed by atoms with Gasteiger partial charge in [0, 0.05) is 25.3 Å². The quantitative estimate of drug-likeness (QED) is 0.511. The Kier molecular flexibility index (Phi) is 4.28. The van der Waals surface area contributed by atoms with Gasteiger partial charge in [0.25, 0.3) is 0 Å². The highest BCUT2D eigenvalue weighted by atomic mass is 16.3. The maximum atomic E-state index is 9.12. The van der Waals surface area contributed by atoms with Crippen molar-refractivity contribution in [3.05, 3.63) is 29.6 Å². The molecule has 2 rings (SSSR count). The van der Waals surface area contributed by atoms with Crippen LogP contribution in [0.3, 0.4) is 0 Å². The molecule has 1 aliphatic carbocycles. The smallest absolute Gasteiger partial charge is 0.141 e. The van der Waals surface area contributed by atoms with Gasteiger partial charge in [-0.05, 0) is 30.5 Å². The van der Waals surface area contributed by atoms with Gasteiger partial charge in [0.2, 0.25) is 0 Å². The minimum Gasteiger partial charge on any atom is -0.395 e. The Morgan fingerprint density at radius 3 is 2.89 bits per heavy atom. The normalized spacial score (nSPS) is 15.7. The molecule has 0 aromatic carbocycles. The molecular formula is C13H20N4O. The highest BCUT2D eigenvalue weighted by Crippen LogP contribution is 2.25. The van der Waals surface area contributed by atoms with Crippen LogP contribution in [0.4, 0.5) is 0 Å². The molecule has 0 amide bonds. The lowest BCUT2D eigenvalue weighted by Gasteiger charge is -2.37. The van der Waals surface area contributed by atoms with Gasteiger partial charge in [0.05, 0.1) is 6.61 Å². The number of rotatable bonds is 6. The minimum atomic E-state index is -0.00537. The molecule has 0 atom stereocenters. The Labute approximate surface area is 107 Å². The lowest BCUT2D eigenvalue weighted by Crippen LogP contribution is -2.41. The number of aliphatic hydroxyl groups is 1. The second kappa shape index (κ2) is 5.93. The van der Waals surface area contributed by atoms with Crippen molar-refractivity contribution in [2.24, 2.45) is 5.73 Å². The summed E-state index contributed by atoms with van der Waals surface area (Å²) in [5, 5.41) is 16.5. The summed E-state index contributed by atoms with van der Waals surface area (Å²) < 4.78 is 0. The molecule has 1 heterocycles. The Hall–Kier alpha value is -1.46. The average Bonchev–Trinajstić information content (AvgIpc) is 2.27. The summed E-state index contributed by atoms with van der Waals surface area (Å²) in [4.78, 5) is 6.35. The molecule has 1 aromatic rings. The molecule has 1 aromatic heterocycles. The zero-order valence-electron chi connectivity index (χ0n) is 10.5. The molecule has 0 unspecified atom stereocenters. The van der Waals surface area contributed by atoms with Gasteiger partial charge in [-0.2, -0.15) is 0 Å². The summed E-state index contributed by atoms with van der Waals surface area (Å²) in [6.07, 6.45) is 5.39. The summed E-state index contributed by atoms with van der Waals surface area (Å²) in [5.41, 5.74) is 7.05. The number of nitrogen functional groups attached to an aromatic ring is 1. The van der Waals surface area contributed by atoms with Crippen molar-refractivity contribution in [1.82, 2.24) is 9.88 Å². The van der Waals surface area contributed by atoms with Crippen LogP contribution in [0.1, 0.15) is 30.5 Å². The van der Waals surface area contributed by atoms with Crippen molar-refractivity contribution in [3.63, 3.8) is 0 Å². The fraction of sp³-hybridized carbons (Fsp3) is 0.538. The minimum absolute atomic E-state index is 0.00537. The number of hydrogen-bond acceptors (Lipinski definition) is 4. The van der Waals surface area contributed by atoms with E-state index in [1.807, 2.05) is 12.1 Å². The van der Waals surface area contributed by atoms with E-state index in [0.29, 0.717) is 18.3 Å². The number of nitrogens with one attached hydrogen (secondary N) is 1. The van der Waals surface area contributed by atoms with Gasteiger partial charge in [-0.15, -0.1) is 0 Å². The number of pyridine rings is 1. The maximum Gasteiger partial charge on any atom is 0.141 e. The highest BCUT2D eigenvalue weighted by molar-refractivity contribution is 5.93. The molecule has 5 nitrogen and oxygen atoms in total. The molecule has 0 saturated heterocycles. The van der Waals surface area contributed by atoms with Gasteiger partial charge in [0.15, 0.2) is 0 Å². The van der Waals surface area contributed by atoms with E-state index in [-0.39, 0.29) is 12.4 Å². The van der Waals surface area contributed by atoms with Crippen molar-refractivity contribution >= 4 is 5.84 Å². The first-order valence-electron chi connectivity index (χ1n) is 6.35. The van der Waals surface area contributed by atoms with Gasteiger partial charge < -0.3 is 10.8 Å². The first-order valence-corrected chi connectivity index (χ1v) is 6.35. The molecule has 18 heavy (non-hydrogen) atoms. The van der Waals surface area contributed by atoms with Crippen LogP contribution in [0.2, 0.25) is 0 Å². The monoisotopic (exact) mass is 248 g/mol. The second-order valence-electron chi connectivity index (χ2n) is 4.74. The molecule has 1 saturated carbocycles. The van der Waals surface area contributed by atoms with Crippen LogP contribution in [0, 0.1) is 5.41 Å². The first kappa shape index (κ1) is 13.0. The summed E-state index contributed by atoms with van der Waals surface area (Å²) >= 11 is 0. The number of aliphatic hydroxyl groups excluding tert-OH is 1. The van der Waals surface area contributed by atoms with Gasteiger partial charge in [0.1, 0.15) is 11.5 Å². The van der Waals surface area contributed by atoms with Crippen molar-refractivity contribution in [2.45, 2.75) is 31.8 Å². The Balaban J connectivity index is 2.05. The molecule has 1 fully saturated rings. The number of nitrogens with zero attached hydrogens (tertiary/aromatic N) is 2. The molecule has 0 aliphatic heterocycles. The third-order valence-electron chi connectivity index (χ3n) is 3.46. The number of aromatic nitrogens is 1. The third kappa shape index (κ3) is 3.05. The molecule has 1 aliphatic rings. The lowest BCUT2D eigenvalue weighted by molar-refractivity contribution is 0.0945. The maximum absolute atomic E-state index is 9.12. The third-order valence-corrected chi connectivity index (χ3v) is 3.46. The lowest BCUT2D eigenvalue weighted by atomic mass is 9.91. The van der Waals surface area contributed by atoms with Gasteiger partial charge in [-0.1, -0.05) is 6.42 Å². The van der Waals surface area contributed by atoms with Crippen molar-refractivity contribution in [1.29, 1.82) is 5.41 Å². The summed E-state index contributed by atoms with van der Waals surface area (Å²) in [6.45, 7) is 1.66. The van der Waals surface area contributed by atoms with Crippen molar-refractivity contribution < 1.29 is 5.11 Å². The van der Waals surface area contributed by atoms with Crippen LogP contribution >= 0.6 is 0 Å². The van der Waals surface area contributed by atoms with Gasteiger partial charge >= 0.3 is 0 Å². The number of hydrogen-bond donors (Lipinski definition) is 3. The summed E-state index contributed by atoms with van der Waals surface area (Å²) in [6, 6.07) is 4.38. The number of nitrogens with two attached hydrogens (primary N) is 1. The van der Waals surface area contributed by atoms with E-state index < -0.39 is 0 Å². The largest absolute Gasteiger partial charge is 0.395 e. The highest BCUT2D eigenvalue weighted by Gasteiger charge is 2.24. The van der Waals surface area contributed by atoms with Crippen LogP contribution in [0.15, 0.2) is 18.3 Å². The van der Waals surface area contributed by atoms with Crippen molar-refractivity contribution in [3.8, 4) is 0 Å². The SMILES string of the molecule is N=C(N)c1cc(CN(CCO)C2CCC2)ccn1. The second-order valence-corrected chi connectivity index (χ2v) is 4.74. The zero-order chi connectivity index (χ0) is 13.0. The number of amidine groups is 1. The molecule has 0 radical (unpaired) electrons. The Morgan fingerprint density at radius 1 is 1.56 bits per heavy atom. The first-order chi connectivity index (χ1) is 8.70. The molecule has 98 valence electrons. The van der Waals surface area contributed by atoms with E-state index >= 15 is 0 Å². The fourth-order valence-electron chi connectivity index (χ4n) is 2.23. The Morgan fingerprint density at radius 2 is 2.33 bits per heavy atom. The van der Waals surface area contributed by atoms with Crippen LogP contribution in [0.5, 0.6) is 0 Å². The van der Waals surface area contributed by atoms with Gasteiger partial charge in [-0.25, -0.2) is 0 Å². The molecule has 0 spiro atoms. The van der Waals surface area contributed by atoms with Gasteiger partial charge in [-0.3, -0.25) is 15.3 Å². The van der Waals surface area contributed by atoms with E-state index in [2.05, 4.69) is 9.88 Å². The predicted octanol–water partition coefficient (Wildman–Crippen LogP) is 0.712. The van der Waals surface area contributed by atoms with Crippen LogP contribution in [-0.4, -0.2) is 40.0 Å². The molecule has 5 heteroatoms. The van der Waals surface area contributed by atoms with Crippen LogP contribution in [-0.2, 0) is 6.54 Å². The van der Waals surface area contributed by atoms with E-state index in [0.717, 1.165) is 12.1 Å². The summed E-state index contributed by atoms with van der Waals surface area (Å²) in [5.74, 6) is -0.00537. The standard InChI is InChI=1S/C13H20N4O/c14-13(15)12-8-10(4-5-16-12)9-17(6-7-18)11-2-1-3-11/h4-5,8,11,18H,1-3,6-7,9H2,(H3,14,15). The fourth-order valence-corrected chi connectivity index (χ4v) is 2.23.